The summed E-state index contributed by atoms with van der Waals surface area (Å²) in [5, 5.41) is 2.71. The normalized spacial score (nSPS) is 10.0. The molecule has 1 rings (SSSR count). The first-order valence-electron chi connectivity index (χ1n) is 5.63. The van der Waals surface area contributed by atoms with Gasteiger partial charge >= 0.3 is 5.97 Å². The molecule has 0 aromatic heterocycles. The van der Waals surface area contributed by atoms with Crippen LogP contribution in [0.2, 0.25) is 0 Å². The second kappa shape index (κ2) is 6.64. The minimum atomic E-state index is -0.404. The van der Waals surface area contributed by atoms with Gasteiger partial charge in [-0.3, -0.25) is 4.79 Å². The molecule has 0 aliphatic rings. The van der Waals surface area contributed by atoms with Crippen LogP contribution in [0.1, 0.15) is 24.2 Å². The number of nitrogens with one attached hydrogen (secondary N) is 1. The standard InChI is InChI=1S/C13H17NO4/c1-9(2)14-12(15)8-18-11-6-4-10(5-7-11)13(16)17-3/h4-7,9H,8H2,1-3H3,(H,14,15). The highest BCUT2D eigenvalue weighted by atomic mass is 16.5. The molecule has 1 aromatic rings. The minimum absolute atomic E-state index is 0.0459. The SMILES string of the molecule is COC(=O)c1ccc(OCC(=O)NC(C)C)cc1. The summed E-state index contributed by atoms with van der Waals surface area (Å²) in [5.41, 5.74) is 0.441. The van der Waals surface area contributed by atoms with Gasteiger partial charge in [0.2, 0.25) is 0 Å². The summed E-state index contributed by atoms with van der Waals surface area (Å²) < 4.78 is 9.85. The molecular formula is C13H17NO4. The van der Waals surface area contributed by atoms with E-state index in [1.807, 2.05) is 13.8 Å². The first kappa shape index (κ1) is 14.0. The molecule has 0 atom stereocenters. The Morgan fingerprint density at radius 1 is 1.22 bits per heavy atom. The third-order valence-electron chi connectivity index (χ3n) is 2.10. The molecule has 0 heterocycles. The van der Waals surface area contributed by atoms with Gasteiger partial charge in [-0.05, 0) is 38.1 Å². The molecule has 1 aromatic carbocycles. The average Bonchev–Trinajstić information content (AvgIpc) is 2.35. The molecule has 0 spiro atoms. The topological polar surface area (TPSA) is 64.6 Å². The van der Waals surface area contributed by atoms with E-state index in [0.717, 1.165) is 0 Å². The first-order valence-corrected chi connectivity index (χ1v) is 5.63. The number of esters is 1. The predicted molar refractivity (Wildman–Crippen MR) is 66.6 cm³/mol. The molecule has 0 fully saturated rings. The van der Waals surface area contributed by atoms with Crippen molar-refractivity contribution in [2.24, 2.45) is 0 Å². The van der Waals surface area contributed by atoms with Crippen LogP contribution in [0.3, 0.4) is 0 Å². The fraction of sp³-hybridized carbons (Fsp3) is 0.385. The first-order chi connectivity index (χ1) is 8.52. The maximum Gasteiger partial charge on any atom is 0.337 e. The van der Waals surface area contributed by atoms with Gasteiger partial charge in [-0.2, -0.15) is 0 Å². The minimum Gasteiger partial charge on any atom is -0.484 e. The fourth-order valence-corrected chi connectivity index (χ4v) is 1.32. The summed E-state index contributed by atoms with van der Waals surface area (Å²) in [4.78, 5) is 22.5. The summed E-state index contributed by atoms with van der Waals surface area (Å²) in [7, 11) is 1.32. The highest BCUT2D eigenvalue weighted by molar-refractivity contribution is 5.89. The number of carbonyl (C=O) groups excluding carboxylic acids is 2. The lowest BCUT2D eigenvalue weighted by molar-refractivity contribution is -0.123. The largest absolute Gasteiger partial charge is 0.484 e. The van der Waals surface area contributed by atoms with E-state index >= 15 is 0 Å². The Kier molecular flexibility index (Phi) is 5.17. The molecule has 0 bridgehead atoms. The smallest absolute Gasteiger partial charge is 0.337 e. The van der Waals surface area contributed by atoms with Crippen LogP contribution in [-0.4, -0.2) is 31.6 Å². The molecule has 0 saturated heterocycles. The Morgan fingerprint density at radius 3 is 2.33 bits per heavy atom. The molecule has 0 unspecified atom stereocenters. The van der Waals surface area contributed by atoms with Crippen LogP contribution in [-0.2, 0) is 9.53 Å². The van der Waals surface area contributed by atoms with Crippen LogP contribution in [0, 0.1) is 0 Å². The Bertz CT molecular complexity index is 412. The van der Waals surface area contributed by atoms with Gasteiger partial charge < -0.3 is 14.8 Å². The maximum absolute atomic E-state index is 11.3. The Labute approximate surface area is 106 Å². The van der Waals surface area contributed by atoms with E-state index in [0.29, 0.717) is 11.3 Å². The average molecular weight is 251 g/mol. The lowest BCUT2D eigenvalue weighted by Gasteiger charge is -2.09. The molecule has 98 valence electrons. The summed E-state index contributed by atoms with van der Waals surface area (Å²) >= 11 is 0. The number of ether oxygens (including phenoxy) is 2. The molecule has 0 aliphatic carbocycles. The van der Waals surface area contributed by atoms with Crippen LogP contribution in [0.5, 0.6) is 5.75 Å². The number of rotatable bonds is 5. The summed E-state index contributed by atoms with van der Waals surface area (Å²) in [6.07, 6.45) is 0. The second-order valence-corrected chi connectivity index (χ2v) is 4.03. The Hall–Kier alpha value is -2.04. The van der Waals surface area contributed by atoms with Crippen molar-refractivity contribution in [3.8, 4) is 5.75 Å². The maximum atomic E-state index is 11.3. The van der Waals surface area contributed by atoms with Gasteiger partial charge in [0.05, 0.1) is 12.7 Å². The zero-order valence-corrected chi connectivity index (χ0v) is 10.7. The predicted octanol–water partition coefficient (Wildman–Crippen LogP) is 1.38. The van der Waals surface area contributed by atoms with E-state index in [1.54, 1.807) is 24.3 Å². The van der Waals surface area contributed by atoms with Crippen molar-refractivity contribution in [3.05, 3.63) is 29.8 Å². The molecule has 0 aliphatic heterocycles. The highest BCUT2D eigenvalue weighted by Crippen LogP contribution is 2.12. The van der Waals surface area contributed by atoms with E-state index in [1.165, 1.54) is 7.11 Å². The quantitative estimate of drug-likeness (QED) is 0.803. The fourth-order valence-electron chi connectivity index (χ4n) is 1.32. The number of hydrogen-bond donors (Lipinski definition) is 1. The summed E-state index contributed by atoms with van der Waals surface area (Å²) in [5.74, 6) is -0.0531. The van der Waals surface area contributed by atoms with E-state index in [-0.39, 0.29) is 18.6 Å². The zero-order chi connectivity index (χ0) is 13.5. The van der Waals surface area contributed by atoms with Gasteiger partial charge in [0, 0.05) is 6.04 Å². The highest BCUT2D eigenvalue weighted by Gasteiger charge is 2.06. The van der Waals surface area contributed by atoms with Gasteiger partial charge in [-0.25, -0.2) is 4.79 Å². The van der Waals surface area contributed by atoms with Crippen molar-refractivity contribution in [1.29, 1.82) is 0 Å². The monoisotopic (exact) mass is 251 g/mol. The third-order valence-corrected chi connectivity index (χ3v) is 2.10. The molecule has 5 heteroatoms. The number of carbonyl (C=O) groups is 2. The van der Waals surface area contributed by atoms with Gasteiger partial charge in [0.1, 0.15) is 5.75 Å². The van der Waals surface area contributed by atoms with Crippen LogP contribution in [0.15, 0.2) is 24.3 Å². The van der Waals surface area contributed by atoms with Crippen molar-refractivity contribution in [3.63, 3.8) is 0 Å². The van der Waals surface area contributed by atoms with E-state index in [4.69, 9.17) is 4.74 Å². The second-order valence-electron chi connectivity index (χ2n) is 4.03. The number of methoxy groups -OCH3 is 1. The van der Waals surface area contributed by atoms with Gasteiger partial charge in [0.15, 0.2) is 6.61 Å². The van der Waals surface area contributed by atoms with Crippen LogP contribution >= 0.6 is 0 Å². The zero-order valence-electron chi connectivity index (χ0n) is 10.7. The van der Waals surface area contributed by atoms with Gasteiger partial charge in [0.25, 0.3) is 5.91 Å². The number of amides is 1. The van der Waals surface area contributed by atoms with Crippen molar-refractivity contribution >= 4 is 11.9 Å². The lowest BCUT2D eigenvalue weighted by Crippen LogP contribution is -2.34. The van der Waals surface area contributed by atoms with Crippen LogP contribution in [0.4, 0.5) is 0 Å². The molecule has 5 nitrogen and oxygen atoms in total. The molecule has 1 N–H and O–H groups in total. The molecule has 1 amide bonds. The van der Waals surface area contributed by atoms with E-state index in [9.17, 15) is 9.59 Å². The molecule has 0 saturated carbocycles. The Balaban J connectivity index is 2.49. The van der Waals surface area contributed by atoms with Crippen molar-refractivity contribution in [1.82, 2.24) is 5.32 Å². The van der Waals surface area contributed by atoms with Crippen molar-refractivity contribution in [2.45, 2.75) is 19.9 Å². The molecule has 0 radical (unpaired) electrons. The molecular weight excluding hydrogens is 234 g/mol. The van der Waals surface area contributed by atoms with Crippen LogP contribution in [0.25, 0.3) is 0 Å². The molecule has 18 heavy (non-hydrogen) atoms. The van der Waals surface area contributed by atoms with Gasteiger partial charge in [-0.15, -0.1) is 0 Å². The van der Waals surface area contributed by atoms with E-state index < -0.39 is 5.97 Å². The summed E-state index contributed by atoms with van der Waals surface area (Å²) in [6, 6.07) is 6.50. The Morgan fingerprint density at radius 2 is 1.83 bits per heavy atom. The number of hydrogen-bond acceptors (Lipinski definition) is 4. The lowest BCUT2D eigenvalue weighted by atomic mass is 10.2. The summed E-state index contributed by atoms with van der Waals surface area (Å²) in [6.45, 7) is 3.71. The van der Waals surface area contributed by atoms with Crippen LogP contribution < -0.4 is 10.1 Å². The van der Waals surface area contributed by atoms with Crippen molar-refractivity contribution < 1.29 is 19.1 Å². The van der Waals surface area contributed by atoms with Crippen molar-refractivity contribution in [2.75, 3.05) is 13.7 Å². The van der Waals surface area contributed by atoms with E-state index in [2.05, 4.69) is 10.1 Å². The number of benzene rings is 1. The van der Waals surface area contributed by atoms with Gasteiger partial charge in [-0.1, -0.05) is 0 Å². The third kappa shape index (κ3) is 4.45.